The third-order valence-electron chi connectivity index (χ3n) is 4.35. The van der Waals surface area contributed by atoms with Gasteiger partial charge in [0.2, 0.25) is 0 Å². The topological polar surface area (TPSA) is 76.0 Å². The van der Waals surface area contributed by atoms with Crippen molar-refractivity contribution < 1.29 is 4.74 Å². The quantitative estimate of drug-likeness (QED) is 0.865. The molecule has 1 aliphatic rings. The first-order valence-electron chi connectivity index (χ1n) is 8.51. The number of aromatic amines is 1. The van der Waals surface area contributed by atoms with E-state index in [2.05, 4.69) is 38.3 Å². The zero-order valence-corrected chi connectivity index (χ0v) is 14.3. The normalized spacial score (nSPS) is 19.0. The maximum Gasteiger partial charge on any atom is 0.250 e. The molecule has 1 unspecified atom stereocenters. The first-order valence-corrected chi connectivity index (χ1v) is 8.51. The standard InChI is InChI=1S/C17H25N5O2/c1-13(2)22-6-5-18-16(22)11-21-7-8-24-15(10-21)4-3-14-9-17(23)20-12-19-14/h5-6,9,12-13,15H,3-4,7-8,10-11H2,1-2H3,(H,19,20,23). The molecule has 3 rings (SSSR count). The number of rotatable bonds is 6. The van der Waals surface area contributed by atoms with Crippen molar-refractivity contribution in [3.05, 3.63) is 46.7 Å². The van der Waals surface area contributed by atoms with E-state index in [1.807, 2.05) is 12.4 Å². The Morgan fingerprint density at radius 2 is 2.29 bits per heavy atom. The number of hydrogen-bond acceptors (Lipinski definition) is 5. The van der Waals surface area contributed by atoms with E-state index in [4.69, 9.17) is 4.74 Å². The van der Waals surface area contributed by atoms with E-state index in [0.717, 1.165) is 50.6 Å². The second-order valence-corrected chi connectivity index (χ2v) is 6.51. The number of hydrogen-bond donors (Lipinski definition) is 1. The lowest BCUT2D eigenvalue weighted by Gasteiger charge is -2.33. The van der Waals surface area contributed by atoms with Crippen LogP contribution in [0.5, 0.6) is 0 Å². The van der Waals surface area contributed by atoms with Crippen molar-refractivity contribution in [2.45, 2.75) is 45.4 Å². The highest BCUT2D eigenvalue weighted by Gasteiger charge is 2.22. The van der Waals surface area contributed by atoms with Crippen molar-refractivity contribution in [2.24, 2.45) is 0 Å². The summed E-state index contributed by atoms with van der Waals surface area (Å²) >= 11 is 0. The Bertz CT molecular complexity index is 709. The molecule has 0 amide bonds. The van der Waals surface area contributed by atoms with Crippen molar-refractivity contribution in [1.29, 1.82) is 0 Å². The van der Waals surface area contributed by atoms with Gasteiger partial charge in [-0.2, -0.15) is 0 Å². The van der Waals surface area contributed by atoms with Gasteiger partial charge in [-0.3, -0.25) is 9.69 Å². The van der Waals surface area contributed by atoms with Crippen molar-refractivity contribution in [3.8, 4) is 0 Å². The average molecular weight is 331 g/mol. The van der Waals surface area contributed by atoms with Crippen molar-refractivity contribution >= 4 is 0 Å². The molecule has 0 aromatic carbocycles. The molecule has 7 nitrogen and oxygen atoms in total. The third kappa shape index (κ3) is 4.30. The minimum atomic E-state index is -0.105. The molecule has 0 bridgehead atoms. The van der Waals surface area contributed by atoms with Crippen LogP contribution in [0.2, 0.25) is 0 Å². The summed E-state index contributed by atoms with van der Waals surface area (Å²) in [5, 5.41) is 0. The first kappa shape index (κ1) is 16.9. The van der Waals surface area contributed by atoms with Crippen LogP contribution in [0.15, 0.2) is 29.6 Å². The van der Waals surface area contributed by atoms with E-state index in [1.54, 1.807) is 6.07 Å². The lowest BCUT2D eigenvalue weighted by atomic mass is 10.1. The molecule has 0 spiro atoms. The molecule has 1 saturated heterocycles. The molecule has 1 aliphatic heterocycles. The second-order valence-electron chi connectivity index (χ2n) is 6.51. The van der Waals surface area contributed by atoms with Crippen LogP contribution in [0, 0.1) is 0 Å². The van der Waals surface area contributed by atoms with Gasteiger partial charge >= 0.3 is 0 Å². The molecule has 0 aliphatic carbocycles. The Balaban J connectivity index is 1.54. The largest absolute Gasteiger partial charge is 0.376 e. The molecular formula is C17H25N5O2. The number of imidazole rings is 1. The Labute approximate surface area is 141 Å². The lowest BCUT2D eigenvalue weighted by molar-refractivity contribution is -0.0357. The molecule has 1 N–H and O–H groups in total. The predicted octanol–water partition coefficient (Wildman–Crippen LogP) is 1.38. The van der Waals surface area contributed by atoms with Gasteiger partial charge in [0.25, 0.3) is 5.56 Å². The van der Waals surface area contributed by atoms with Gasteiger partial charge in [0.1, 0.15) is 5.82 Å². The zero-order valence-electron chi connectivity index (χ0n) is 14.3. The van der Waals surface area contributed by atoms with Gasteiger partial charge in [-0.15, -0.1) is 0 Å². The smallest absolute Gasteiger partial charge is 0.250 e. The second kappa shape index (κ2) is 7.72. The highest BCUT2D eigenvalue weighted by molar-refractivity contribution is 4.99. The van der Waals surface area contributed by atoms with Gasteiger partial charge < -0.3 is 14.3 Å². The monoisotopic (exact) mass is 331 g/mol. The predicted molar refractivity (Wildman–Crippen MR) is 90.8 cm³/mol. The molecule has 2 aromatic rings. The Kier molecular flexibility index (Phi) is 5.42. The molecule has 0 saturated carbocycles. The summed E-state index contributed by atoms with van der Waals surface area (Å²) in [5.41, 5.74) is 0.710. The van der Waals surface area contributed by atoms with Crippen LogP contribution in [0.25, 0.3) is 0 Å². The SMILES string of the molecule is CC(C)n1ccnc1CN1CCOC(CCc2cc(=O)[nH]cn2)C1. The molecule has 3 heterocycles. The van der Waals surface area contributed by atoms with Gasteiger partial charge in [-0.25, -0.2) is 9.97 Å². The van der Waals surface area contributed by atoms with Crippen LogP contribution >= 0.6 is 0 Å². The average Bonchev–Trinajstić information content (AvgIpc) is 3.02. The van der Waals surface area contributed by atoms with E-state index < -0.39 is 0 Å². The minimum absolute atomic E-state index is 0.105. The van der Waals surface area contributed by atoms with Crippen LogP contribution < -0.4 is 5.56 Å². The van der Waals surface area contributed by atoms with Crippen LogP contribution in [0.3, 0.4) is 0 Å². The highest BCUT2D eigenvalue weighted by atomic mass is 16.5. The van der Waals surface area contributed by atoms with E-state index in [9.17, 15) is 4.79 Å². The molecule has 1 fully saturated rings. The summed E-state index contributed by atoms with van der Waals surface area (Å²) in [6.07, 6.45) is 7.15. The summed E-state index contributed by atoms with van der Waals surface area (Å²) in [4.78, 5) is 24.9. The highest BCUT2D eigenvalue weighted by Crippen LogP contribution is 2.15. The van der Waals surface area contributed by atoms with Crippen LogP contribution in [0.1, 0.15) is 37.8 Å². The molecule has 24 heavy (non-hydrogen) atoms. The van der Waals surface area contributed by atoms with Crippen LogP contribution in [-0.2, 0) is 17.7 Å². The fraction of sp³-hybridized carbons (Fsp3) is 0.588. The van der Waals surface area contributed by atoms with E-state index in [-0.39, 0.29) is 11.7 Å². The van der Waals surface area contributed by atoms with Gasteiger partial charge in [0.05, 0.1) is 25.6 Å². The fourth-order valence-corrected chi connectivity index (χ4v) is 3.09. The fourth-order valence-electron chi connectivity index (χ4n) is 3.09. The van der Waals surface area contributed by atoms with E-state index >= 15 is 0 Å². The minimum Gasteiger partial charge on any atom is -0.376 e. The summed E-state index contributed by atoms with van der Waals surface area (Å²) in [7, 11) is 0. The maximum atomic E-state index is 11.3. The number of ether oxygens (including phenoxy) is 1. The Hall–Kier alpha value is -1.99. The number of aromatic nitrogens is 4. The Morgan fingerprint density at radius 3 is 3.08 bits per heavy atom. The van der Waals surface area contributed by atoms with Gasteiger partial charge in [0.15, 0.2) is 0 Å². The third-order valence-corrected chi connectivity index (χ3v) is 4.35. The number of morpholine rings is 1. The summed E-state index contributed by atoms with van der Waals surface area (Å²) < 4.78 is 8.09. The lowest BCUT2D eigenvalue weighted by Crippen LogP contribution is -2.42. The van der Waals surface area contributed by atoms with Crippen LogP contribution in [-0.4, -0.2) is 50.2 Å². The number of nitrogens with one attached hydrogen (secondary N) is 1. The van der Waals surface area contributed by atoms with E-state index in [1.165, 1.54) is 6.33 Å². The number of H-pyrrole nitrogens is 1. The summed E-state index contributed by atoms with van der Waals surface area (Å²) in [6, 6.07) is 1.97. The molecule has 0 radical (unpaired) electrons. The van der Waals surface area contributed by atoms with Gasteiger partial charge in [-0.05, 0) is 26.7 Å². The Morgan fingerprint density at radius 1 is 1.42 bits per heavy atom. The van der Waals surface area contributed by atoms with Crippen LogP contribution in [0.4, 0.5) is 0 Å². The first-order chi connectivity index (χ1) is 11.6. The van der Waals surface area contributed by atoms with Gasteiger partial charge in [0, 0.05) is 43.3 Å². The van der Waals surface area contributed by atoms with E-state index in [0.29, 0.717) is 6.04 Å². The maximum absolute atomic E-state index is 11.3. The molecule has 130 valence electrons. The number of nitrogens with zero attached hydrogens (tertiary/aromatic N) is 4. The molecule has 2 aromatic heterocycles. The van der Waals surface area contributed by atoms with Crippen molar-refractivity contribution in [3.63, 3.8) is 0 Å². The van der Waals surface area contributed by atoms with Crippen molar-refractivity contribution in [2.75, 3.05) is 19.7 Å². The molecular weight excluding hydrogens is 306 g/mol. The zero-order chi connectivity index (χ0) is 16.9. The molecule has 1 atom stereocenters. The van der Waals surface area contributed by atoms with Gasteiger partial charge in [-0.1, -0.05) is 0 Å². The summed E-state index contributed by atoms with van der Waals surface area (Å²) in [6.45, 7) is 7.72. The molecule has 7 heteroatoms. The number of aryl methyl sites for hydroxylation is 1. The summed E-state index contributed by atoms with van der Waals surface area (Å²) in [5.74, 6) is 1.10. The van der Waals surface area contributed by atoms with Crippen molar-refractivity contribution in [1.82, 2.24) is 24.4 Å².